The lowest BCUT2D eigenvalue weighted by molar-refractivity contribution is -0.384. The number of nitrogens with zero attached hydrogens (tertiary/aromatic N) is 2. The number of carbonyl (C=O) groups excluding carboxylic acids is 1. The van der Waals surface area contributed by atoms with E-state index >= 15 is 0 Å². The summed E-state index contributed by atoms with van der Waals surface area (Å²) in [4.78, 5) is 24.8. The highest BCUT2D eigenvalue weighted by Gasteiger charge is 2.33. The van der Waals surface area contributed by atoms with Gasteiger partial charge in [0.25, 0.3) is 11.6 Å². The lowest BCUT2D eigenvalue weighted by Crippen LogP contribution is -2.27. The van der Waals surface area contributed by atoms with Crippen molar-refractivity contribution < 1.29 is 9.72 Å². The number of amides is 1. The minimum atomic E-state index is -0.521. The van der Waals surface area contributed by atoms with Crippen molar-refractivity contribution in [2.24, 2.45) is 0 Å². The average molecular weight is 411 g/mol. The molecule has 0 unspecified atom stereocenters. The van der Waals surface area contributed by atoms with E-state index in [0.29, 0.717) is 30.5 Å². The van der Waals surface area contributed by atoms with Crippen molar-refractivity contribution in [3.05, 3.63) is 73.1 Å². The van der Waals surface area contributed by atoms with Gasteiger partial charge in [-0.2, -0.15) is 0 Å². The van der Waals surface area contributed by atoms with Crippen LogP contribution in [0.2, 0.25) is 10.0 Å². The fourth-order valence-electron chi connectivity index (χ4n) is 2.19. The summed E-state index contributed by atoms with van der Waals surface area (Å²) >= 11 is 18.2. The fraction of sp³-hybridized carbons (Fsp3) is 0. The van der Waals surface area contributed by atoms with Crippen molar-refractivity contribution in [1.29, 1.82) is 0 Å². The molecule has 0 spiro atoms. The van der Waals surface area contributed by atoms with Crippen LogP contribution in [0, 0.1) is 10.1 Å². The van der Waals surface area contributed by atoms with Crippen LogP contribution in [0.15, 0.2) is 47.4 Å². The number of carbonyl (C=O) groups is 1. The summed E-state index contributed by atoms with van der Waals surface area (Å²) < 4.78 is 0.303. The highest BCUT2D eigenvalue weighted by Crippen LogP contribution is 2.37. The van der Waals surface area contributed by atoms with Crippen LogP contribution in [0.5, 0.6) is 0 Å². The van der Waals surface area contributed by atoms with Crippen LogP contribution in [0.3, 0.4) is 0 Å². The highest BCUT2D eigenvalue weighted by atomic mass is 35.5. The Kier molecular flexibility index (Phi) is 5.10. The summed E-state index contributed by atoms with van der Waals surface area (Å²) in [5.41, 5.74) is 0.947. The van der Waals surface area contributed by atoms with Gasteiger partial charge >= 0.3 is 0 Å². The molecule has 3 rings (SSSR count). The molecular weight excluding hydrogens is 403 g/mol. The van der Waals surface area contributed by atoms with Crippen LogP contribution < -0.4 is 4.90 Å². The van der Waals surface area contributed by atoms with Crippen LogP contribution in [-0.2, 0) is 4.79 Å². The Labute approximate surface area is 162 Å². The summed E-state index contributed by atoms with van der Waals surface area (Å²) in [6.45, 7) is 0. The van der Waals surface area contributed by atoms with Crippen molar-refractivity contribution in [3.8, 4) is 0 Å². The van der Waals surface area contributed by atoms with Crippen LogP contribution in [-0.4, -0.2) is 15.2 Å². The summed E-state index contributed by atoms with van der Waals surface area (Å²) in [7, 11) is 0. The molecule has 1 amide bonds. The quantitative estimate of drug-likeness (QED) is 0.297. The summed E-state index contributed by atoms with van der Waals surface area (Å²) in [6.07, 6.45) is 1.65. The number of nitro groups is 1. The lowest BCUT2D eigenvalue weighted by Gasteiger charge is -2.13. The second-order valence-corrected chi connectivity index (χ2v) is 7.46. The van der Waals surface area contributed by atoms with Crippen molar-refractivity contribution in [3.63, 3.8) is 0 Å². The maximum Gasteiger partial charge on any atom is 0.271 e. The van der Waals surface area contributed by atoms with Crippen molar-refractivity contribution >= 4 is 74.9 Å². The Morgan fingerprint density at radius 3 is 2.60 bits per heavy atom. The molecule has 0 aliphatic carbocycles. The normalized spacial score (nSPS) is 15.9. The number of thioether (sulfide) groups is 1. The first-order valence-electron chi connectivity index (χ1n) is 6.84. The van der Waals surface area contributed by atoms with Gasteiger partial charge in [-0.05, 0) is 29.8 Å². The summed E-state index contributed by atoms with van der Waals surface area (Å²) in [5.74, 6) is -0.346. The van der Waals surface area contributed by atoms with Gasteiger partial charge in [0.1, 0.15) is 0 Å². The number of thiocarbonyl (C=S) groups is 1. The number of hydrogen-bond donors (Lipinski definition) is 0. The zero-order valence-electron chi connectivity index (χ0n) is 12.3. The Morgan fingerprint density at radius 2 is 1.92 bits per heavy atom. The van der Waals surface area contributed by atoms with Crippen molar-refractivity contribution in [1.82, 2.24) is 0 Å². The van der Waals surface area contributed by atoms with Gasteiger partial charge in [-0.15, -0.1) is 0 Å². The molecule has 0 N–H and O–H groups in total. The molecular formula is C16H8Cl2N2O3S2. The topological polar surface area (TPSA) is 63.5 Å². The van der Waals surface area contributed by atoms with Gasteiger partial charge in [-0.1, -0.05) is 59.3 Å². The van der Waals surface area contributed by atoms with Crippen LogP contribution in [0.4, 0.5) is 11.4 Å². The Bertz CT molecular complexity index is 947. The number of benzene rings is 2. The molecule has 0 atom stereocenters. The third-order valence-corrected chi connectivity index (χ3v) is 5.38. The molecule has 1 aliphatic rings. The number of nitro benzene ring substituents is 1. The Morgan fingerprint density at radius 1 is 1.16 bits per heavy atom. The van der Waals surface area contributed by atoms with E-state index < -0.39 is 4.92 Å². The zero-order chi connectivity index (χ0) is 18.1. The van der Waals surface area contributed by atoms with E-state index in [1.807, 2.05) is 0 Å². The number of hydrogen-bond acceptors (Lipinski definition) is 5. The average Bonchev–Trinajstić information content (AvgIpc) is 2.85. The number of non-ortho nitro benzene ring substituents is 1. The molecule has 2 aromatic carbocycles. The Hall–Kier alpha value is -1.93. The minimum absolute atomic E-state index is 0.111. The van der Waals surface area contributed by atoms with Crippen LogP contribution >= 0.6 is 47.2 Å². The summed E-state index contributed by atoms with van der Waals surface area (Å²) in [5, 5.41) is 11.7. The molecule has 5 nitrogen and oxygen atoms in total. The molecule has 1 heterocycles. The number of rotatable bonds is 3. The maximum absolute atomic E-state index is 12.7. The molecule has 0 radical (unpaired) electrons. The zero-order valence-corrected chi connectivity index (χ0v) is 15.5. The predicted octanol–water partition coefficient (Wildman–Crippen LogP) is 5.31. The first-order chi connectivity index (χ1) is 11.9. The van der Waals surface area contributed by atoms with E-state index in [1.165, 1.54) is 23.1 Å². The van der Waals surface area contributed by atoms with E-state index in [9.17, 15) is 14.9 Å². The minimum Gasteiger partial charge on any atom is -0.268 e. The molecule has 0 saturated carbocycles. The largest absolute Gasteiger partial charge is 0.271 e. The lowest BCUT2D eigenvalue weighted by atomic mass is 10.2. The first-order valence-corrected chi connectivity index (χ1v) is 8.82. The Balaban J connectivity index is 1.94. The van der Waals surface area contributed by atoms with Gasteiger partial charge in [-0.3, -0.25) is 19.8 Å². The highest BCUT2D eigenvalue weighted by molar-refractivity contribution is 8.27. The van der Waals surface area contributed by atoms with E-state index in [-0.39, 0.29) is 11.6 Å². The number of anilines is 1. The van der Waals surface area contributed by atoms with Gasteiger partial charge in [0.2, 0.25) is 0 Å². The van der Waals surface area contributed by atoms with E-state index in [1.54, 1.807) is 30.3 Å². The van der Waals surface area contributed by atoms with Gasteiger partial charge in [0.05, 0.1) is 25.6 Å². The second-order valence-electron chi connectivity index (χ2n) is 4.97. The molecule has 1 fully saturated rings. The third-order valence-electron chi connectivity index (χ3n) is 3.33. The second kappa shape index (κ2) is 7.13. The van der Waals surface area contributed by atoms with Gasteiger partial charge in [0.15, 0.2) is 4.32 Å². The predicted molar refractivity (Wildman–Crippen MR) is 105 cm³/mol. The standard InChI is InChI=1S/C16H8Cl2N2O3S2/c17-12-5-4-9(6-13(12)18)7-14-15(21)19(16(24)25-14)10-2-1-3-11(8-10)20(22)23/h1-8H/b14-7+. The smallest absolute Gasteiger partial charge is 0.268 e. The van der Waals surface area contributed by atoms with Gasteiger partial charge < -0.3 is 0 Å². The van der Waals surface area contributed by atoms with Gasteiger partial charge in [0, 0.05) is 12.1 Å². The molecule has 0 aromatic heterocycles. The van der Waals surface area contributed by atoms with E-state index in [0.717, 1.165) is 11.8 Å². The van der Waals surface area contributed by atoms with Crippen LogP contribution in [0.25, 0.3) is 6.08 Å². The molecule has 1 aliphatic heterocycles. The van der Waals surface area contributed by atoms with Gasteiger partial charge in [-0.25, -0.2) is 0 Å². The molecule has 126 valence electrons. The maximum atomic E-state index is 12.7. The van der Waals surface area contributed by atoms with E-state index in [4.69, 9.17) is 35.4 Å². The SMILES string of the molecule is O=C1/C(=C\c2ccc(Cl)c(Cl)c2)SC(=S)N1c1cccc([N+](=O)[O-])c1. The van der Waals surface area contributed by atoms with E-state index in [2.05, 4.69) is 0 Å². The molecule has 0 bridgehead atoms. The molecule has 2 aromatic rings. The molecule has 1 saturated heterocycles. The molecule has 25 heavy (non-hydrogen) atoms. The number of halogens is 2. The third kappa shape index (κ3) is 3.69. The monoisotopic (exact) mass is 410 g/mol. The fourth-order valence-corrected chi connectivity index (χ4v) is 3.80. The van der Waals surface area contributed by atoms with Crippen molar-refractivity contribution in [2.45, 2.75) is 0 Å². The summed E-state index contributed by atoms with van der Waals surface area (Å²) in [6, 6.07) is 10.8. The van der Waals surface area contributed by atoms with Crippen LogP contribution in [0.1, 0.15) is 5.56 Å². The molecule has 9 heteroatoms. The first kappa shape index (κ1) is 17.9. The van der Waals surface area contributed by atoms with Crippen molar-refractivity contribution in [2.75, 3.05) is 4.90 Å².